The third-order valence-corrected chi connectivity index (χ3v) is 4.85. The van der Waals surface area contributed by atoms with Gasteiger partial charge in [-0.3, -0.25) is 9.69 Å². The summed E-state index contributed by atoms with van der Waals surface area (Å²) in [5.74, 6) is -1.06. The minimum atomic E-state index is -0.806. The number of carbonyl (C=O) groups is 1. The molecule has 0 N–H and O–H groups in total. The van der Waals surface area contributed by atoms with E-state index in [1.807, 2.05) is 0 Å². The lowest BCUT2D eigenvalue weighted by molar-refractivity contribution is -0.126. The van der Waals surface area contributed by atoms with Gasteiger partial charge >= 0.3 is 0 Å². The summed E-state index contributed by atoms with van der Waals surface area (Å²) in [4.78, 5) is 14.4. The number of hydrogen-bond acceptors (Lipinski definition) is 2. The smallest absolute Gasteiger partial charge is 0.159 e. The van der Waals surface area contributed by atoms with E-state index in [0.717, 1.165) is 44.2 Å². The van der Waals surface area contributed by atoms with Gasteiger partial charge < -0.3 is 0 Å². The summed E-state index contributed by atoms with van der Waals surface area (Å²) in [5, 5.41) is 0. The van der Waals surface area contributed by atoms with Crippen molar-refractivity contribution < 1.29 is 13.6 Å². The highest BCUT2D eigenvalue weighted by molar-refractivity contribution is 5.82. The zero-order chi connectivity index (χ0) is 14.8. The van der Waals surface area contributed by atoms with E-state index in [1.54, 1.807) is 6.07 Å². The molecule has 2 aliphatic rings. The maximum Gasteiger partial charge on any atom is 0.159 e. The summed E-state index contributed by atoms with van der Waals surface area (Å²) in [6, 6.07) is 4.37. The van der Waals surface area contributed by atoms with E-state index in [1.165, 1.54) is 12.1 Å². The molecule has 1 aromatic carbocycles. The van der Waals surface area contributed by atoms with Crippen molar-refractivity contribution in [1.82, 2.24) is 4.90 Å². The number of likely N-dealkylation sites (tertiary alicyclic amines) is 1. The summed E-state index contributed by atoms with van der Waals surface area (Å²) in [7, 11) is 0. The molecule has 1 aromatic rings. The van der Waals surface area contributed by atoms with Crippen LogP contribution in [0.2, 0.25) is 0 Å². The predicted molar refractivity (Wildman–Crippen MR) is 76.8 cm³/mol. The van der Waals surface area contributed by atoms with Gasteiger partial charge in [-0.25, -0.2) is 8.78 Å². The van der Waals surface area contributed by atoms with Crippen molar-refractivity contribution in [1.29, 1.82) is 0 Å². The fourth-order valence-corrected chi connectivity index (χ4v) is 3.79. The lowest BCUT2D eigenvalue weighted by atomic mass is 9.82. The van der Waals surface area contributed by atoms with Gasteiger partial charge in [0.1, 0.15) is 5.78 Å². The topological polar surface area (TPSA) is 20.3 Å². The van der Waals surface area contributed by atoms with Gasteiger partial charge in [-0.15, -0.1) is 0 Å². The summed E-state index contributed by atoms with van der Waals surface area (Å²) in [5.41, 5.74) is 0.782. The predicted octanol–water partition coefficient (Wildman–Crippen LogP) is 3.69. The molecule has 2 atom stereocenters. The molecule has 1 heterocycles. The van der Waals surface area contributed by atoms with Crippen LogP contribution < -0.4 is 0 Å². The first-order valence-corrected chi connectivity index (χ1v) is 7.86. The van der Waals surface area contributed by atoms with Crippen molar-refractivity contribution in [2.75, 3.05) is 6.54 Å². The Bertz CT molecular complexity index is 532. The van der Waals surface area contributed by atoms with E-state index >= 15 is 0 Å². The maximum absolute atomic E-state index is 13.3. The number of nitrogens with zero attached hydrogens (tertiary/aromatic N) is 1. The quantitative estimate of drug-likeness (QED) is 0.847. The fourth-order valence-electron chi connectivity index (χ4n) is 3.79. The monoisotopic (exact) mass is 293 g/mol. The van der Waals surface area contributed by atoms with Crippen LogP contribution in [0.3, 0.4) is 0 Å². The molecule has 21 heavy (non-hydrogen) atoms. The molecule has 1 aliphatic heterocycles. The molecule has 2 unspecified atom stereocenters. The highest BCUT2D eigenvalue weighted by Gasteiger charge is 2.36. The number of carbonyl (C=O) groups excluding carboxylic acids is 1. The Morgan fingerprint density at radius 3 is 2.71 bits per heavy atom. The molecule has 1 aliphatic carbocycles. The van der Waals surface area contributed by atoms with Crippen LogP contribution in [0.4, 0.5) is 8.78 Å². The van der Waals surface area contributed by atoms with Crippen molar-refractivity contribution in [3.8, 4) is 0 Å². The van der Waals surface area contributed by atoms with Crippen molar-refractivity contribution in [3.05, 3.63) is 35.4 Å². The average molecular weight is 293 g/mol. The van der Waals surface area contributed by atoms with Crippen LogP contribution in [-0.4, -0.2) is 23.3 Å². The lowest BCUT2D eigenvalue weighted by Gasteiger charge is -2.33. The van der Waals surface area contributed by atoms with E-state index in [2.05, 4.69) is 4.90 Å². The number of halogens is 2. The number of benzene rings is 1. The Hall–Kier alpha value is -1.29. The molecular formula is C17H21F2NO. The molecular weight excluding hydrogens is 272 g/mol. The van der Waals surface area contributed by atoms with Gasteiger partial charge in [-0.1, -0.05) is 12.5 Å². The van der Waals surface area contributed by atoms with Crippen LogP contribution in [0, 0.1) is 17.6 Å². The second kappa shape index (κ2) is 6.22. The Morgan fingerprint density at radius 2 is 1.95 bits per heavy atom. The summed E-state index contributed by atoms with van der Waals surface area (Å²) < 4.78 is 26.3. The van der Waals surface area contributed by atoms with Gasteiger partial charge in [-0.2, -0.15) is 0 Å². The van der Waals surface area contributed by atoms with Gasteiger partial charge in [0.2, 0.25) is 0 Å². The Balaban J connectivity index is 1.71. The van der Waals surface area contributed by atoms with Gasteiger partial charge in [0.25, 0.3) is 0 Å². The molecule has 0 aromatic heterocycles. The SMILES string of the molecule is O=C1CCCCC1C1CCCN1Cc1ccc(F)c(F)c1. The molecule has 0 amide bonds. The van der Waals surface area contributed by atoms with Crippen molar-refractivity contribution in [2.24, 2.45) is 5.92 Å². The number of ketones is 1. The van der Waals surface area contributed by atoms with Crippen molar-refractivity contribution in [2.45, 2.75) is 51.1 Å². The molecule has 1 saturated carbocycles. The van der Waals surface area contributed by atoms with Gasteiger partial charge in [0.15, 0.2) is 11.6 Å². The molecule has 3 rings (SSSR count). The minimum Gasteiger partial charge on any atom is -0.299 e. The van der Waals surface area contributed by atoms with E-state index in [0.29, 0.717) is 18.7 Å². The first-order valence-electron chi connectivity index (χ1n) is 7.86. The third kappa shape index (κ3) is 3.15. The van der Waals surface area contributed by atoms with E-state index in [9.17, 15) is 13.6 Å². The molecule has 114 valence electrons. The van der Waals surface area contributed by atoms with Gasteiger partial charge in [0.05, 0.1) is 0 Å². The second-order valence-electron chi connectivity index (χ2n) is 6.25. The van der Waals surface area contributed by atoms with Crippen molar-refractivity contribution >= 4 is 5.78 Å². The van der Waals surface area contributed by atoms with Crippen LogP contribution in [-0.2, 0) is 11.3 Å². The number of hydrogen-bond donors (Lipinski definition) is 0. The average Bonchev–Trinajstić information content (AvgIpc) is 2.91. The molecule has 0 bridgehead atoms. The maximum atomic E-state index is 13.3. The molecule has 0 spiro atoms. The van der Waals surface area contributed by atoms with Gasteiger partial charge in [0, 0.05) is 24.9 Å². The molecule has 4 heteroatoms. The molecule has 2 nitrogen and oxygen atoms in total. The summed E-state index contributed by atoms with van der Waals surface area (Å²) in [6.45, 7) is 1.54. The number of Topliss-reactive ketones (excluding diaryl/α,β-unsaturated/α-hetero) is 1. The lowest BCUT2D eigenvalue weighted by Crippen LogP contribution is -2.40. The van der Waals surface area contributed by atoms with E-state index in [-0.39, 0.29) is 12.0 Å². The van der Waals surface area contributed by atoms with E-state index < -0.39 is 11.6 Å². The van der Waals surface area contributed by atoms with Crippen LogP contribution in [0.5, 0.6) is 0 Å². The Kier molecular flexibility index (Phi) is 4.34. The first-order chi connectivity index (χ1) is 10.1. The zero-order valence-electron chi connectivity index (χ0n) is 12.2. The number of rotatable bonds is 3. The Morgan fingerprint density at radius 1 is 1.10 bits per heavy atom. The summed E-state index contributed by atoms with van der Waals surface area (Å²) in [6.07, 6.45) is 5.97. The minimum absolute atomic E-state index is 0.145. The largest absolute Gasteiger partial charge is 0.299 e. The van der Waals surface area contributed by atoms with Crippen LogP contribution >= 0.6 is 0 Å². The fraction of sp³-hybridized carbons (Fsp3) is 0.588. The highest BCUT2D eigenvalue weighted by atomic mass is 19.2. The summed E-state index contributed by atoms with van der Waals surface area (Å²) >= 11 is 0. The van der Waals surface area contributed by atoms with Crippen LogP contribution in [0.25, 0.3) is 0 Å². The van der Waals surface area contributed by atoms with Crippen LogP contribution in [0.1, 0.15) is 44.1 Å². The molecule has 2 fully saturated rings. The first kappa shape index (κ1) is 14.6. The standard InChI is InChI=1S/C17H21F2NO/c18-14-8-7-12(10-15(14)19)11-20-9-3-5-16(20)13-4-1-2-6-17(13)21/h7-8,10,13,16H,1-6,9,11H2. The third-order valence-electron chi connectivity index (χ3n) is 4.85. The molecule has 1 saturated heterocycles. The normalized spacial score (nSPS) is 27.2. The second-order valence-corrected chi connectivity index (χ2v) is 6.25. The highest BCUT2D eigenvalue weighted by Crippen LogP contribution is 2.33. The Labute approximate surface area is 124 Å². The zero-order valence-corrected chi connectivity index (χ0v) is 12.2. The molecule has 0 radical (unpaired) electrons. The van der Waals surface area contributed by atoms with E-state index in [4.69, 9.17) is 0 Å². The van der Waals surface area contributed by atoms with Gasteiger partial charge in [-0.05, 0) is 49.9 Å². The van der Waals surface area contributed by atoms with Crippen LogP contribution in [0.15, 0.2) is 18.2 Å². The van der Waals surface area contributed by atoms with Crippen molar-refractivity contribution in [3.63, 3.8) is 0 Å².